The minimum absolute atomic E-state index is 0.139. The van der Waals surface area contributed by atoms with Crippen LogP contribution >= 0.6 is 23.1 Å². The van der Waals surface area contributed by atoms with Gasteiger partial charge in [0.2, 0.25) is 5.91 Å². The molecule has 0 fully saturated rings. The van der Waals surface area contributed by atoms with Crippen LogP contribution in [0.4, 0.5) is 5.00 Å². The highest BCUT2D eigenvalue weighted by atomic mass is 32.2. The molecule has 2 heterocycles. The maximum absolute atomic E-state index is 12.5. The van der Waals surface area contributed by atoms with Gasteiger partial charge >= 0.3 is 5.97 Å². The van der Waals surface area contributed by atoms with E-state index in [9.17, 15) is 9.59 Å². The standard InChI is InChI=1S/C20H22N4O3S2/c1-11-6-8-15(9-7-11)24-14(4)22-23-20(24)28-10-16(25)21-18-17(19(26)27-5)12(2)13(3)29-18/h6-9H,10H2,1-5H3,(H,21,25). The molecular weight excluding hydrogens is 408 g/mol. The van der Waals surface area contributed by atoms with Crippen molar-refractivity contribution in [2.75, 3.05) is 18.2 Å². The van der Waals surface area contributed by atoms with E-state index in [4.69, 9.17) is 4.74 Å². The predicted octanol–water partition coefficient (Wildman–Crippen LogP) is 4.08. The van der Waals surface area contributed by atoms with Crippen LogP contribution in [-0.4, -0.2) is 39.5 Å². The fraction of sp³-hybridized carbons (Fsp3) is 0.300. The van der Waals surface area contributed by atoms with Crippen LogP contribution in [0, 0.1) is 27.7 Å². The van der Waals surface area contributed by atoms with E-state index in [-0.39, 0.29) is 11.7 Å². The molecule has 0 unspecified atom stereocenters. The van der Waals surface area contributed by atoms with Crippen molar-refractivity contribution >= 4 is 40.0 Å². The molecule has 0 saturated heterocycles. The summed E-state index contributed by atoms with van der Waals surface area (Å²) in [5.74, 6) is 0.206. The Bertz CT molecular complexity index is 1050. The highest BCUT2D eigenvalue weighted by Crippen LogP contribution is 2.33. The molecule has 3 aromatic rings. The van der Waals surface area contributed by atoms with Crippen LogP contribution in [-0.2, 0) is 9.53 Å². The Morgan fingerprint density at radius 1 is 1.14 bits per heavy atom. The third-order valence-electron chi connectivity index (χ3n) is 4.45. The van der Waals surface area contributed by atoms with Crippen molar-refractivity contribution < 1.29 is 14.3 Å². The maximum atomic E-state index is 12.5. The molecule has 1 aromatic carbocycles. The monoisotopic (exact) mass is 430 g/mol. The van der Waals surface area contributed by atoms with Gasteiger partial charge in [-0.1, -0.05) is 29.5 Å². The zero-order chi connectivity index (χ0) is 21.1. The lowest BCUT2D eigenvalue weighted by Gasteiger charge is -2.09. The number of aryl methyl sites for hydroxylation is 3. The zero-order valence-electron chi connectivity index (χ0n) is 16.9. The highest BCUT2D eigenvalue weighted by Gasteiger charge is 2.22. The first kappa shape index (κ1) is 21.1. The Hall–Kier alpha value is -2.65. The van der Waals surface area contributed by atoms with Gasteiger partial charge in [0.05, 0.1) is 18.4 Å². The van der Waals surface area contributed by atoms with E-state index in [2.05, 4.69) is 15.5 Å². The number of hydrogen-bond acceptors (Lipinski definition) is 7. The summed E-state index contributed by atoms with van der Waals surface area (Å²) in [5, 5.41) is 12.3. The molecule has 0 aliphatic carbocycles. The van der Waals surface area contributed by atoms with E-state index in [0.717, 1.165) is 27.5 Å². The van der Waals surface area contributed by atoms with Gasteiger partial charge in [-0.2, -0.15) is 0 Å². The first-order valence-corrected chi connectivity index (χ1v) is 10.7. The number of nitrogens with zero attached hydrogens (tertiary/aromatic N) is 3. The van der Waals surface area contributed by atoms with Crippen molar-refractivity contribution in [1.29, 1.82) is 0 Å². The Labute approximate surface area is 177 Å². The summed E-state index contributed by atoms with van der Waals surface area (Å²) in [7, 11) is 1.33. The third-order valence-corrected chi connectivity index (χ3v) is 6.50. The topological polar surface area (TPSA) is 86.1 Å². The quantitative estimate of drug-likeness (QED) is 0.468. The smallest absolute Gasteiger partial charge is 0.341 e. The van der Waals surface area contributed by atoms with E-state index in [1.807, 2.05) is 56.5 Å². The number of thioether (sulfide) groups is 1. The van der Waals surface area contributed by atoms with Crippen LogP contribution in [0.15, 0.2) is 29.4 Å². The lowest BCUT2D eigenvalue weighted by molar-refractivity contribution is -0.113. The molecule has 1 amide bonds. The number of methoxy groups -OCH3 is 1. The minimum atomic E-state index is -0.454. The number of aromatic nitrogens is 3. The first-order chi connectivity index (χ1) is 13.8. The number of carbonyl (C=O) groups excluding carboxylic acids is 2. The first-order valence-electron chi connectivity index (χ1n) is 8.91. The van der Waals surface area contributed by atoms with Crippen molar-refractivity contribution in [3.63, 3.8) is 0 Å². The summed E-state index contributed by atoms with van der Waals surface area (Å²) in [4.78, 5) is 25.6. The maximum Gasteiger partial charge on any atom is 0.341 e. The van der Waals surface area contributed by atoms with Crippen molar-refractivity contribution in [3.8, 4) is 5.69 Å². The molecule has 9 heteroatoms. The summed E-state index contributed by atoms with van der Waals surface area (Å²) >= 11 is 2.66. The number of ether oxygens (including phenoxy) is 1. The molecule has 3 rings (SSSR count). The van der Waals surface area contributed by atoms with Gasteiger partial charge in [-0.3, -0.25) is 9.36 Å². The Morgan fingerprint density at radius 3 is 2.48 bits per heavy atom. The Balaban J connectivity index is 1.74. The van der Waals surface area contributed by atoms with E-state index in [1.54, 1.807) is 0 Å². The van der Waals surface area contributed by atoms with Crippen LogP contribution in [0.5, 0.6) is 0 Å². The summed E-state index contributed by atoms with van der Waals surface area (Å²) < 4.78 is 6.76. The van der Waals surface area contributed by atoms with Crippen LogP contribution in [0.2, 0.25) is 0 Å². The molecule has 2 aromatic heterocycles. The second kappa shape index (κ2) is 8.79. The molecule has 1 N–H and O–H groups in total. The van der Waals surface area contributed by atoms with Gasteiger partial charge in [-0.25, -0.2) is 4.79 Å². The van der Waals surface area contributed by atoms with Crippen molar-refractivity contribution in [2.24, 2.45) is 0 Å². The number of benzene rings is 1. The highest BCUT2D eigenvalue weighted by molar-refractivity contribution is 7.99. The minimum Gasteiger partial charge on any atom is -0.465 e. The number of rotatable bonds is 6. The third kappa shape index (κ3) is 4.51. The zero-order valence-corrected chi connectivity index (χ0v) is 18.5. The van der Waals surface area contributed by atoms with Gasteiger partial charge in [0, 0.05) is 10.6 Å². The summed E-state index contributed by atoms with van der Waals surface area (Å²) in [5.41, 5.74) is 3.33. The average Bonchev–Trinajstić information content (AvgIpc) is 3.19. The Kier molecular flexibility index (Phi) is 6.39. The second-order valence-corrected chi connectivity index (χ2v) is 8.68. The number of anilines is 1. The lowest BCUT2D eigenvalue weighted by Crippen LogP contribution is -2.16. The normalized spacial score (nSPS) is 10.8. The molecule has 0 radical (unpaired) electrons. The fourth-order valence-electron chi connectivity index (χ4n) is 2.78. The van der Waals surface area contributed by atoms with Gasteiger partial charge in [-0.15, -0.1) is 21.5 Å². The molecule has 0 atom stereocenters. The number of thiophene rings is 1. The lowest BCUT2D eigenvalue weighted by atomic mass is 10.1. The second-order valence-electron chi connectivity index (χ2n) is 6.52. The molecule has 152 valence electrons. The largest absolute Gasteiger partial charge is 0.465 e. The molecule has 0 aliphatic rings. The molecule has 0 spiro atoms. The van der Waals surface area contributed by atoms with E-state index >= 15 is 0 Å². The molecule has 29 heavy (non-hydrogen) atoms. The predicted molar refractivity (Wildman–Crippen MR) is 115 cm³/mol. The summed E-state index contributed by atoms with van der Waals surface area (Å²) in [6.07, 6.45) is 0. The van der Waals surface area contributed by atoms with Crippen molar-refractivity contribution in [1.82, 2.24) is 14.8 Å². The summed E-state index contributed by atoms with van der Waals surface area (Å²) in [6, 6.07) is 8.03. The van der Waals surface area contributed by atoms with Crippen molar-refractivity contribution in [2.45, 2.75) is 32.9 Å². The van der Waals surface area contributed by atoms with Crippen LogP contribution < -0.4 is 5.32 Å². The molecule has 0 aliphatic heterocycles. The van der Waals surface area contributed by atoms with E-state index in [1.165, 1.54) is 30.2 Å². The number of hydrogen-bond donors (Lipinski definition) is 1. The molecule has 7 nitrogen and oxygen atoms in total. The van der Waals surface area contributed by atoms with Gasteiger partial charge in [0.1, 0.15) is 10.8 Å². The van der Waals surface area contributed by atoms with Gasteiger partial charge in [0.25, 0.3) is 0 Å². The van der Waals surface area contributed by atoms with Crippen LogP contribution in [0.1, 0.15) is 32.2 Å². The number of carbonyl (C=O) groups is 2. The van der Waals surface area contributed by atoms with Crippen LogP contribution in [0.3, 0.4) is 0 Å². The van der Waals surface area contributed by atoms with Gasteiger partial charge < -0.3 is 10.1 Å². The summed E-state index contributed by atoms with van der Waals surface area (Å²) in [6.45, 7) is 7.65. The Morgan fingerprint density at radius 2 is 1.83 bits per heavy atom. The van der Waals surface area contributed by atoms with E-state index in [0.29, 0.717) is 15.7 Å². The fourth-order valence-corrected chi connectivity index (χ4v) is 4.65. The molecule has 0 saturated carbocycles. The number of nitrogens with one attached hydrogen (secondary N) is 1. The van der Waals surface area contributed by atoms with Crippen molar-refractivity contribution in [3.05, 3.63) is 51.7 Å². The number of esters is 1. The SMILES string of the molecule is COC(=O)c1c(NC(=O)CSc2nnc(C)n2-c2ccc(C)cc2)sc(C)c1C. The average molecular weight is 431 g/mol. The molecular formula is C20H22N4O3S2. The van der Waals surface area contributed by atoms with Gasteiger partial charge in [0.15, 0.2) is 5.16 Å². The molecule has 0 bridgehead atoms. The van der Waals surface area contributed by atoms with Crippen LogP contribution in [0.25, 0.3) is 5.69 Å². The number of amides is 1. The van der Waals surface area contributed by atoms with E-state index < -0.39 is 5.97 Å². The van der Waals surface area contributed by atoms with Gasteiger partial charge in [-0.05, 0) is 45.4 Å².